The predicted molar refractivity (Wildman–Crippen MR) is 99.1 cm³/mol. The van der Waals surface area contributed by atoms with Crippen LogP contribution < -0.4 is 0 Å². The molecule has 3 aromatic rings. The second-order valence-corrected chi connectivity index (χ2v) is 7.07. The van der Waals surface area contributed by atoms with Crippen molar-refractivity contribution < 1.29 is 0 Å². The van der Waals surface area contributed by atoms with Gasteiger partial charge in [-0.05, 0) is 30.2 Å². The predicted octanol–water partition coefficient (Wildman–Crippen LogP) is 5.13. The Bertz CT molecular complexity index is 828. The Morgan fingerprint density at radius 1 is 1.12 bits per heavy atom. The van der Waals surface area contributed by atoms with Gasteiger partial charge in [-0.2, -0.15) is 5.11 Å². The summed E-state index contributed by atoms with van der Waals surface area (Å²) in [6, 6.07) is 16.2. The number of rotatable bonds is 7. The minimum absolute atomic E-state index is 0.280. The zero-order chi connectivity index (χ0) is 17.6. The van der Waals surface area contributed by atoms with E-state index < -0.39 is 0 Å². The first-order chi connectivity index (χ1) is 12.2. The highest BCUT2D eigenvalue weighted by Gasteiger charge is 2.20. The zero-order valence-corrected chi connectivity index (χ0v) is 15.2. The van der Waals surface area contributed by atoms with E-state index in [4.69, 9.17) is 10.5 Å². The molecule has 0 aliphatic carbocycles. The lowest BCUT2D eigenvalue weighted by molar-refractivity contribution is 0.648. The van der Waals surface area contributed by atoms with Crippen molar-refractivity contribution in [3.63, 3.8) is 0 Å². The summed E-state index contributed by atoms with van der Waals surface area (Å²) in [5, 5.41) is 4.67. The number of hydrogen-bond donors (Lipinski definition) is 1. The zero-order valence-electron chi connectivity index (χ0n) is 14.4. The number of nitrogens with zero attached hydrogens (tertiary/aromatic N) is 4. The van der Waals surface area contributed by atoms with Crippen molar-refractivity contribution in [2.75, 3.05) is 0 Å². The van der Waals surface area contributed by atoms with Crippen LogP contribution in [0.4, 0.5) is 0 Å². The van der Waals surface area contributed by atoms with Gasteiger partial charge >= 0.3 is 0 Å². The van der Waals surface area contributed by atoms with Crippen LogP contribution in [0.2, 0.25) is 0 Å². The molecular formula is C19H21N5S. The summed E-state index contributed by atoms with van der Waals surface area (Å²) in [7, 11) is 0. The fraction of sp³-hybridized carbons (Fsp3) is 0.263. The normalized spacial score (nSPS) is 11.0. The van der Waals surface area contributed by atoms with Crippen LogP contribution in [0, 0.1) is 5.53 Å². The van der Waals surface area contributed by atoms with Crippen LogP contribution in [0.1, 0.15) is 37.0 Å². The van der Waals surface area contributed by atoms with E-state index in [9.17, 15) is 0 Å². The molecule has 0 unspecified atom stereocenters. The van der Waals surface area contributed by atoms with Crippen molar-refractivity contribution in [1.29, 1.82) is 5.53 Å². The average Bonchev–Trinajstić information content (AvgIpc) is 2.95. The Morgan fingerprint density at radius 3 is 2.52 bits per heavy atom. The van der Waals surface area contributed by atoms with E-state index in [-0.39, 0.29) is 6.54 Å². The highest BCUT2D eigenvalue weighted by Crippen LogP contribution is 2.35. The molecule has 2 heterocycles. The maximum Gasteiger partial charge on any atom is 0.133 e. The van der Waals surface area contributed by atoms with Crippen LogP contribution in [-0.2, 0) is 13.1 Å². The van der Waals surface area contributed by atoms with E-state index in [1.54, 1.807) is 18.0 Å². The first-order valence-electron chi connectivity index (χ1n) is 8.24. The van der Waals surface area contributed by atoms with Gasteiger partial charge in [0.15, 0.2) is 0 Å². The molecule has 6 heteroatoms. The molecule has 3 rings (SSSR count). The number of pyridine rings is 1. The van der Waals surface area contributed by atoms with Crippen LogP contribution in [0.3, 0.4) is 0 Å². The lowest BCUT2D eigenvalue weighted by Crippen LogP contribution is -2.07. The summed E-state index contributed by atoms with van der Waals surface area (Å²) in [6.07, 6.45) is 1.80. The number of aromatic nitrogens is 3. The molecule has 0 bridgehead atoms. The summed E-state index contributed by atoms with van der Waals surface area (Å²) in [6.45, 7) is 5.19. The number of nitrogens with one attached hydrogen (secondary N) is 1. The highest BCUT2D eigenvalue weighted by atomic mass is 32.2. The third-order valence-corrected chi connectivity index (χ3v) is 4.93. The monoisotopic (exact) mass is 351 g/mol. The molecule has 0 spiro atoms. The molecule has 1 aromatic carbocycles. The van der Waals surface area contributed by atoms with Gasteiger partial charge in [0.2, 0.25) is 0 Å². The Labute approximate surface area is 152 Å². The van der Waals surface area contributed by atoms with Crippen molar-refractivity contribution in [2.24, 2.45) is 5.11 Å². The van der Waals surface area contributed by atoms with E-state index in [0.717, 1.165) is 22.2 Å². The molecular weight excluding hydrogens is 330 g/mol. The van der Waals surface area contributed by atoms with Gasteiger partial charge in [-0.15, -0.1) is 0 Å². The second kappa shape index (κ2) is 8.07. The maximum absolute atomic E-state index is 7.27. The van der Waals surface area contributed by atoms with Crippen molar-refractivity contribution in [3.8, 4) is 0 Å². The SMILES string of the molecule is CC(C)c1nc(CN=N)n(Cc2ccccn2)c1Sc1ccccc1. The Hall–Kier alpha value is -2.47. The van der Waals surface area contributed by atoms with Crippen LogP contribution in [0.15, 0.2) is 69.8 Å². The summed E-state index contributed by atoms with van der Waals surface area (Å²) in [5.74, 6) is 1.10. The quantitative estimate of drug-likeness (QED) is 0.600. The molecule has 0 aliphatic heterocycles. The summed E-state index contributed by atoms with van der Waals surface area (Å²) in [5.41, 5.74) is 9.29. The standard InChI is InChI=1S/C19H21N5S/c1-14(2)18-19(25-16-9-4-3-5-10-16)24(17(23-18)12-22-20)13-15-8-6-7-11-21-15/h3-11,14,20H,12-13H2,1-2H3. The molecule has 0 saturated carbocycles. The van der Waals surface area contributed by atoms with E-state index in [1.165, 1.54) is 4.90 Å². The van der Waals surface area contributed by atoms with Gasteiger partial charge in [0.1, 0.15) is 17.4 Å². The molecule has 0 aliphatic rings. The molecule has 5 nitrogen and oxygen atoms in total. The average molecular weight is 351 g/mol. The van der Waals surface area contributed by atoms with E-state index in [0.29, 0.717) is 12.5 Å². The van der Waals surface area contributed by atoms with E-state index in [1.807, 2.05) is 36.4 Å². The molecule has 0 saturated heterocycles. The second-order valence-electron chi connectivity index (χ2n) is 6.01. The lowest BCUT2D eigenvalue weighted by Gasteiger charge is -2.12. The van der Waals surface area contributed by atoms with Gasteiger partial charge in [-0.25, -0.2) is 10.5 Å². The van der Waals surface area contributed by atoms with Gasteiger partial charge in [0, 0.05) is 11.1 Å². The fourth-order valence-electron chi connectivity index (χ4n) is 2.59. The van der Waals surface area contributed by atoms with Crippen LogP contribution in [-0.4, -0.2) is 14.5 Å². The van der Waals surface area contributed by atoms with Crippen LogP contribution in [0.25, 0.3) is 0 Å². The highest BCUT2D eigenvalue weighted by molar-refractivity contribution is 7.99. The minimum Gasteiger partial charge on any atom is -0.315 e. The van der Waals surface area contributed by atoms with Crippen LogP contribution >= 0.6 is 11.8 Å². The van der Waals surface area contributed by atoms with Crippen LogP contribution in [0.5, 0.6) is 0 Å². The third-order valence-electron chi connectivity index (χ3n) is 3.80. The smallest absolute Gasteiger partial charge is 0.133 e. The Kier molecular flexibility index (Phi) is 5.60. The first kappa shape index (κ1) is 17.4. The number of imidazole rings is 1. The topological polar surface area (TPSA) is 66.9 Å². The lowest BCUT2D eigenvalue weighted by atomic mass is 10.1. The van der Waals surface area contributed by atoms with Crippen molar-refractivity contribution in [2.45, 2.75) is 42.8 Å². The largest absolute Gasteiger partial charge is 0.315 e. The minimum atomic E-state index is 0.280. The fourth-order valence-corrected chi connectivity index (χ4v) is 3.78. The summed E-state index contributed by atoms with van der Waals surface area (Å²) < 4.78 is 2.15. The third kappa shape index (κ3) is 4.14. The molecule has 128 valence electrons. The van der Waals surface area contributed by atoms with Gasteiger partial charge in [0.25, 0.3) is 0 Å². The maximum atomic E-state index is 7.27. The number of benzene rings is 1. The molecule has 2 aromatic heterocycles. The van der Waals surface area contributed by atoms with Crippen molar-refractivity contribution in [1.82, 2.24) is 14.5 Å². The molecule has 0 atom stereocenters. The van der Waals surface area contributed by atoms with E-state index >= 15 is 0 Å². The number of hydrogen-bond acceptors (Lipinski definition) is 5. The molecule has 0 amide bonds. The molecule has 25 heavy (non-hydrogen) atoms. The summed E-state index contributed by atoms with van der Waals surface area (Å²) >= 11 is 1.70. The molecule has 0 radical (unpaired) electrons. The van der Waals surface area contributed by atoms with E-state index in [2.05, 4.69) is 40.6 Å². The van der Waals surface area contributed by atoms with Gasteiger partial charge < -0.3 is 4.57 Å². The molecule has 0 fully saturated rings. The van der Waals surface area contributed by atoms with Gasteiger partial charge in [0.05, 0.1) is 17.9 Å². The van der Waals surface area contributed by atoms with Gasteiger partial charge in [-0.3, -0.25) is 4.98 Å². The molecule has 1 N–H and O–H groups in total. The van der Waals surface area contributed by atoms with Gasteiger partial charge in [-0.1, -0.05) is 49.9 Å². The van der Waals surface area contributed by atoms with Crippen molar-refractivity contribution in [3.05, 3.63) is 71.9 Å². The summed E-state index contributed by atoms with van der Waals surface area (Å²) in [4.78, 5) is 10.4. The Morgan fingerprint density at radius 2 is 1.88 bits per heavy atom. The van der Waals surface area contributed by atoms with Crippen molar-refractivity contribution >= 4 is 11.8 Å². The first-order valence-corrected chi connectivity index (χ1v) is 9.06. The Balaban J connectivity index is 2.06.